The Morgan fingerprint density at radius 1 is 1.07 bits per heavy atom. The molecule has 0 bridgehead atoms. The lowest BCUT2D eigenvalue weighted by atomic mass is 10.1. The van der Waals surface area contributed by atoms with E-state index in [0.717, 1.165) is 16.5 Å². The molecule has 0 saturated carbocycles. The van der Waals surface area contributed by atoms with Crippen molar-refractivity contribution in [1.82, 2.24) is 0 Å². The molecule has 2 rings (SSSR count). The zero-order valence-electron chi connectivity index (χ0n) is 8.27. The molecule has 0 aromatic heterocycles. The van der Waals surface area contributed by atoms with Crippen LogP contribution in [0.15, 0.2) is 42.5 Å². The van der Waals surface area contributed by atoms with E-state index in [4.69, 9.17) is 4.74 Å². The Kier molecular flexibility index (Phi) is 2.98. The predicted octanol–water partition coefficient (Wildman–Crippen LogP) is 2.72. The van der Waals surface area contributed by atoms with E-state index in [-0.39, 0.29) is 0 Å². The van der Waals surface area contributed by atoms with Gasteiger partial charge in [0.2, 0.25) is 6.29 Å². The van der Waals surface area contributed by atoms with Gasteiger partial charge in [-0.2, -0.15) is 0 Å². The van der Waals surface area contributed by atoms with E-state index in [2.05, 4.69) is 0 Å². The molecule has 15 heavy (non-hydrogen) atoms. The van der Waals surface area contributed by atoms with Crippen molar-refractivity contribution in [2.45, 2.75) is 6.42 Å². The number of fused-ring (bicyclic) bond motifs is 1. The summed E-state index contributed by atoms with van der Waals surface area (Å²) in [5.41, 5.74) is 0. The first-order valence-electron chi connectivity index (χ1n) is 4.87. The van der Waals surface area contributed by atoms with Crippen LogP contribution < -0.4 is 4.74 Å². The zero-order valence-corrected chi connectivity index (χ0v) is 8.27. The maximum absolute atomic E-state index is 10.1. The van der Waals surface area contributed by atoms with Crippen LogP contribution in [0.2, 0.25) is 0 Å². The van der Waals surface area contributed by atoms with Crippen LogP contribution in [0.3, 0.4) is 0 Å². The van der Waals surface area contributed by atoms with Gasteiger partial charge in [0.1, 0.15) is 5.75 Å². The fourth-order valence-corrected chi connectivity index (χ4v) is 1.52. The van der Waals surface area contributed by atoms with Crippen molar-refractivity contribution in [2.75, 3.05) is 6.61 Å². The molecule has 0 aliphatic carbocycles. The molecule has 0 aliphatic heterocycles. The van der Waals surface area contributed by atoms with Crippen LogP contribution in [0.1, 0.15) is 6.42 Å². The molecule has 0 aliphatic rings. The molecule has 0 amide bonds. The van der Waals surface area contributed by atoms with Gasteiger partial charge in [0, 0.05) is 11.8 Å². The fourth-order valence-electron chi connectivity index (χ4n) is 1.52. The highest BCUT2D eigenvalue weighted by Gasteiger charge is 1.99. The number of benzene rings is 2. The summed E-state index contributed by atoms with van der Waals surface area (Å²) >= 11 is 0. The highest BCUT2D eigenvalue weighted by atomic mass is 16.5. The minimum Gasteiger partial charge on any atom is -0.492 e. The van der Waals surface area contributed by atoms with Crippen molar-refractivity contribution in [3.8, 4) is 5.75 Å². The van der Waals surface area contributed by atoms with Crippen LogP contribution in [-0.4, -0.2) is 12.9 Å². The minimum absolute atomic E-state index is 0.309. The summed E-state index contributed by atoms with van der Waals surface area (Å²) in [5, 5.41) is 2.22. The predicted molar refractivity (Wildman–Crippen MR) is 59.8 cm³/mol. The molecule has 2 aromatic rings. The van der Waals surface area contributed by atoms with Crippen molar-refractivity contribution < 1.29 is 9.53 Å². The molecule has 0 heterocycles. The molecule has 0 atom stereocenters. The summed E-state index contributed by atoms with van der Waals surface area (Å²) in [6.45, 7) is 0.386. The zero-order chi connectivity index (χ0) is 10.5. The van der Waals surface area contributed by atoms with E-state index in [1.54, 1.807) is 0 Å². The van der Waals surface area contributed by atoms with Crippen LogP contribution in [0.25, 0.3) is 10.8 Å². The van der Waals surface area contributed by atoms with E-state index in [0.29, 0.717) is 13.0 Å². The Morgan fingerprint density at radius 2 is 1.87 bits per heavy atom. The van der Waals surface area contributed by atoms with Gasteiger partial charge in [0.25, 0.3) is 0 Å². The van der Waals surface area contributed by atoms with E-state index < -0.39 is 0 Å². The van der Waals surface area contributed by atoms with Gasteiger partial charge in [-0.25, -0.2) is 0 Å². The van der Waals surface area contributed by atoms with Gasteiger partial charge in [-0.05, 0) is 11.5 Å². The van der Waals surface area contributed by atoms with E-state index in [1.807, 2.05) is 48.8 Å². The molecule has 0 unspecified atom stereocenters. The summed E-state index contributed by atoms with van der Waals surface area (Å²) in [4.78, 5) is 10.1. The fraction of sp³-hybridized carbons (Fsp3) is 0.154. The normalized spacial score (nSPS) is 10.1. The molecule has 1 radical (unpaired) electrons. The van der Waals surface area contributed by atoms with E-state index in [1.165, 1.54) is 0 Å². The van der Waals surface area contributed by atoms with Crippen molar-refractivity contribution in [2.24, 2.45) is 0 Å². The maximum atomic E-state index is 10.1. The van der Waals surface area contributed by atoms with Crippen LogP contribution >= 0.6 is 0 Å². The lowest BCUT2D eigenvalue weighted by Crippen LogP contribution is -1.97. The van der Waals surface area contributed by atoms with Gasteiger partial charge >= 0.3 is 0 Å². The topological polar surface area (TPSA) is 26.3 Å². The molecule has 0 fully saturated rings. The Bertz CT molecular complexity index is 458. The van der Waals surface area contributed by atoms with Crippen LogP contribution in [0, 0.1) is 0 Å². The lowest BCUT2D eigenvalue weighted by molar-refractivity contribution is 0.330. The Labute approximate surface area is 88.5 Å². The molecular formula is C13H11O2. The number of hydrogen-bond donors (Lipinski definition) is 0. The highest BCUT2D eigenvalue weighted by molar-refractivity contribution is 5.88. The van der Waals surface area contributed by atoms with Gasteiger partial charge in [0.05, 0.1) is 6.61 Å². The summed E-state index contributed by atoms with van der Waals surface area (Å²) in [7, 11) is 0. The highest BCUT2D eigenvalue weighted by Crippen LogP contribution is 2.24. The average molecular weight is 199 g/mol. The van der Waals surface area contributed by atoms with Gasteiger partial charge in [-0.3, -0.25) is 4.79 Å². The largest absolute Gasteiger partial charge is 0.492 e. The quantitative estimate of drug-likeness (QED) is 0.708. The van der Waals surface area contributed by atoms with Crippen molar-refractivity contribution in [3.05, 3.63) is 42.5 Å². The van der Waals surface area contributed by atoms with Crippen molar-refractivity contribution in [3.63, 3.8) is 0 Å². The maximum Gasteiger partial charge on any atom is 0.201 e. The minimum atomic E-state index is 0.309. The van der Waals surface area contributed by atoms with Gasteiger partial charge in [-0.15, -0.1) is 0 Å². The third-order valence-corrected chi connectivity index (χ3v) is 2.21. The summed E-state index contributed by atoms with van der Waals surface area (Å²) in [6, 6.07) is 13.9. The van der Waals surface area contributed by atoms with E-state index >= 15 is 0 Å². The molecule has 0 N–H and O–H groups in total. The summed E-state index contributed by atoms with van der Waals surface area (Å²) < 4.78 is 5.50. The average Bonchev–Trinajstić information content (AvgIpc) is 2.30. The van der Waals surface area contributed by atoms with Crippen molar-refractivity contribution in [1.29, 1.82) is 0 Å². The first-order valence-corrected chi connectivity index (χ1v) is 4.87. The number of ether oxygens (including phenoxy) is 1. The number of carbonyl (C=O) groups excluding carboxylic acids is 1. The third kappa shape index (κ3) is 2.15. The molecule has 2 aromatic carbocycles. The number of hydrogen-bond acceptors (Lipinski definition) is 2. The molecule has 2 nitrogen and oxygen atoms in total. The van der Waals surface area contributed by atoms with E-state index in [9.17, 15) is 4.79 Å². The lowest BCUT2D eigenvalue weighted by Gasteiger charge is -2.07. The smallest absolute Gasteiger partial charge is 0.201 e. The Morgan fingerprint density at radius 3 is 2.73 bits per heavy atom. The number of rotatable bonds is 4. The van der Waals surface area contributed by atoms with Crippen LogP contribution in [0.4, 0.5) is 0 Å². The Hall–Kier alpha value is -1.83. The molecule has 0 saturated heterocycles. The third-order valence-electron chi connectivity index (χ3n) is 2.21. The SMILES string of the molecule is O=[C]CCOc1cccc2ccccc12. The standard InChI is InChI=1S/C13H11O2/c14-9-4-10-15-13-8-3-6-11-5-1-2-7-12(11)13/h1-3,5-8H,4,10H2. The summed E-state index contributed by atoms with van der Waals surface area (Å²) in [5.74, 6) is 0.823. The monoisotopic (exact) mass is 199 g/mol. The van der Waals surface area contributed by atoms with Crippen LogP contribution in [-0.2, 0) is 4.79 Å². The van der Waals surface area contributed by atoms with Crippen LogP contribution in [0.5, 0.6) is 5.75 Å². The molecule has 0 spiro atoms. The first kappa shape index (κ1) is 9.71. The second-order valence-corrected chi connectivity index (χ2v) is 3.22. The molecule has 75 valence electrons. The van der Waals surface area contributed by atoms with Crippen molar-refractivity contribution >= 4 is 17.1 Å². The Balaban J connectivity index is 2.30. The van der Waals surface area contributed by atoms with Gasteiger partial charge in [-0.1, -0.05) is 36.4 Å². The van der Waals surface area contributed by atoms with Gasteiger partial charge in [0.15, 0.2) is 0 Å². The first-order chi connectivity index (χ1) is 7.42. The second kappa shape index (κ2) is 4.60. The van der Waals surface area contributed by atoms with Gasteiger partial charge < -0.3 is 4.74 Å². The molecular weight excluding hydrogens is 188 g/mol. The second-order valence-electron chi connectivity index (χ2n) is 3.22. The summed E-state index contributed by atoms with van der Waals surface area (Å²) in [6.07, 6.45) is 2.12. The molecule has 2 heteroatoms.